The van der Waals surface area contributed by atoms with Gasteiger partial charge in [-0.3, -0.25) is 9.59 Å². The maximum atomic E-state index is 11.7. The van der Waals surface area contributed by atoms with Crippen LogP contribution < -0.4 is 5.32 Å². The third-order valence-electron chi connectivity index (χ3n) is 2.95. The molecular formula is C11H19NO5. The van der Waals surface area contributed by atoms with Gasteiger partial charge in [-0.25, -0.2) is 0 Å². The smallest absolute Gasteiger partial charge is 0.307 e. The van der Waals surface area contributed by atoms with E-state index in [9.17, 15) is 9.59 Å². The topological polar surface area (TPSA) is 95.9 Å². The van der Waals surface area contributed by atoms with Crippen LogP contribution in [0, 0.1) is 11.8 Å². The minimum Gasteiger partial charge on any atom is -0.481 e. The molecule has 2 unspecified atom stereocenters. The molecule has 0 aliphatic heterocycles. The van der Waals surface area contributed by atoms with Crippen molar-refractivity contribution < 1.29 is 24.5 Å². The molecular weight excluding hydrogens is 226 g/mol. The highest BCUT2D eigenvalue weighted by Crippen LogP contribution is 2.31. The number of nitrogens with one attached hydrogen (secondary N) is 1. The van der Waals surface area contributed by atoms with Gasteiger partial charge in [0.2, 0.25) is 5.91 Å². The van der Waals surface area contributed by atoms with Crippen molar-refractivity contribution in [2.75, 3.05) is 26.4 Å². The summed E-state index contributed by atoms with van der Waals surface area (Å²) in [7, 11) is 0. The molecule has 6 nitrogen and oxygen atoms in total. The van der Waals surface area contributed by atoms with Crippen molar-refractivity contribution >= 4 is 11.9 Å². The first kappa shape index (κ1) is 13.9. The Morgan fingerprint density at radius 3 is 2.59 bits per heavy atom. The molecule has 0 radical (unpaired) electrons. The summed E-state index contributed by atoms with van der Waals surface area (Å²) < 4.78 is 4.99. The van der Waals surface area contributed by atoms with Gasteiger partial charge in [0, 0.05) is 6.54 Å². The van der Waals surface area contributed by atoms with Gasteiger partial charge >= 0.3 is 5.97 Å². The van der Waals surface area contributed by atoms with Gasteiger partial charge in [-0.1, -0.05) is 6.42 Å². The van der Waals surface area contributed by atoms with Gasteiger partial charge in [0.05, 0.1) is 31.7 Å². The second-order valence-corrected chi connectivity index (χ2v) is 4.11. The van der Waals surface area contributed by atoms with Crippen LogP contribution in [0.5, 0.6) is 0 Å². The summed E-state index contributed by atoms with van der Waals surface area (Å²) in [6.07, 6.45) is 2.00. The molecule has 0 aromatic heterocycles. The molecule has 0 spiro atoms. The van der Waals surface area contributed by atoms with Crippen LogP contribution >= 0.6 is 0 Å². The quantitative estimate of drug-likeness (QED) is 0.531. The zero-order valence-corrected chi connectivity index (χ0v) is 9.72. The van der Waals surface area contributed by atoms with Crippen molar-refractivity contribution in [2.45, 2.75) is 19.3 Å². The molecule has 0 saturated heterocycles. The van der Waals surface area contributed by atoms with Crippen molar-refractivity contribution in [1.82, 2.24) is 5.32 Å². The minimum absolute atomic E-state index is 0.0440. The molecule has 1 amide bonds. The molecule has 1 aliphatic rings. The number of carbonyl (C=O) groups is 2. The van der Waals surface area contributed by atoms with E-state index in [-0.39, 0.29) is 19.1 Å². The molecule has 17 heavy (non-hydrogen) atoms. The van der Waals surface area contributed by atoms with Crippen LogP contribution in [-0.4, -0.2) is 48.5 Å². The maximum Gasteiger partial charge on any atom is 0.307 e. The predicted octanol–water partition coefficient (Wildman–Crippen LogP) is -0.388. The van der Waals surface area contributed by atoms with Crippen molar-refractivity contribution in [1.29, 1.82) is 0 Å². The maximum absolute atomic E-state index is 11.7. The molecule has 1 saturated carbocycles. The van der Waals surface area contributed by atoms with Crippen LogP contribution in [0.1, 0.15) is 19.3 Å². The van der Waals surface area contributed by atoms with Crippen LogP contribution in [0.4, 0.5) is 0 Å². The molecule has 0 aromatic rings. The van der Waals surface area contributed by atoms with E-state index >= 15 is 0 Å². The lowest BCUT2D eigenvalue weighted by Crippen LogP contribution is -2.37. The fraction of sp³-hybridized carbons (Fsp3) is 0.818. The van der Waals surface area contributed by atoms with E-state index in [1.54, 1.807) is 0 Å². The van der Waals surface area contributed by atoms with E-state index in [4.69, 9.17) is 14.9 Å². The Bertz CT molecular complexity index is 269. The van der Waals surface area contributed by atoms with E-state index < -0.39 is 17.8 Å². The average Bonchev–Trinajstić information content (AvgIpc) is 2.77. The number of ether oxygens (including phenoxy) is 1. The van der Waals surface area contributed by atoms with Crippen LogP contribution in [0.25, 0.3) is 0 Å². The van der Waals surface area contributed by atoms with Crippen LogP contribution in [0.15, 0.2) is 0 Å². The standard InChI is InChI=1S/C11H19NO5/c13-5-7-17-6-4-12-10(14)8-2-1-3-9(8)11(15)16/h8-9,13H,1-7H2,(H,12,14)(H,15,16). The number of carboxylic acid groups (broad SMARTS) is 1. The first-order chi connectivity index (χ1) is 8.16. The zero-order valence-electron chi connectivity index (χ0n) is 9.72. The highest BCUT2D eigenvalue weighted by atomic mass is 16.5. The van der Waals surface area contributed by atoms with E-state index in [0.717, 1.165) is 6.42 Å². The molecule has 1 rings (SSSR count). The number of aliphatic hydroxyl groups excluding tert-OH is 1. The van der Waals surface area contributed by atoms with E-state index in [2.05, 4.69) is 5.32 Å². The van der Waals surface area contributed by atoms with E-state index in [1.165, 1.54) is 0 Å². The summed E-state index contributed by atoms with van der Waals surface area (Å²) in [5.74, 6) is -2.06. The third kappa shape index (κ3) is 4.32. The molecule has 2 atom stereocenters. The second kappa shape index (κ2) is 7.24. The van der Waals surface area contributed by atoms with Crippen molar-refractivity contribution in [3.63, 3.8) is 0 Å². The summed E-state index contributed by atoms with van der Waals surface area (Å²) in [6.45, 7) is 0.882. The number of hydrogen-bond acceptors (Lipinski definition) is 4. The monoisotopic (exact) mass is 245 g/mol. The number of hydrogen-bond donors (Lipinski definition) is 3. The Morgan fingerprint density at radius 2 is 1.94 bits per heavy atom. The Balaban J connectivity index is 2.25. The SMILES string of the molecule is O=C(O)C1CCCC1C(=O)NCCOCCO. The number of amides is 1. The molecule has 1 fully saturated rings. The van der Waals surface area contributed by atoms with Crippen molar-refractivity contribution in [3.05, 3.63) is 0 Å². The predicted molar refractivity (Wildman–Crippen MR) is 59.4 cm³/mol. The lowest BCUT2D eigenvalue weighted by Gasteiger charge is -2.15. The van der Waals surface area contributed by atoms with E-state index in [1.807, 2.05) is 0 Å². The van der Waals surface area contributed by atoms with Crippen molar-refractivity contribution in [2.24, 2.45) is 11.8 Å². The van der Waals surface area contributed by atoms with Crippen molar-refractivity contribution in [3.8, 4) is 0 Å². The van der Waals surface area contributed by atoms with Gasteiger partial charge < -0.3 is 20.3 Å². The summed E-state index contributed by atoms with van der Waals surface area (Å²) in [5, 5.41) is 20.1. The molecule has 0 bridgehead atoms. The molecule has 98 valence electrons. The minimum atomic E-state index is -0.890. The average molecular weight is 245 g/mol. The Kier molecular flexibility index (Phi) is 5.93. The van der Waals surface area contributed by atoms with Crippen LogP contribution in [0.2, 0.25) is 0 Å². The Labute approximate surface area is 100.0 Å². The highest BCUT2D eigenvalue weighted by molar-refractivity contribution is 5.85. The molecule has 6 heteroatoms. The fourth-order valence-electron chi connectivity index (χ4n) is 2.11. The Hall–Kier alpha value is -1.14. The van der Waals surface area contributed by atoms with Crippen LogP contribution in [0.3, 0.4) is 0 Å². The highest BCUT2D eigenvalue weighted by Gasteiger charge is 2.37. The number of rotatable bonds is 7. The first-order valence-electron chi connectivity index (χ1n) is 5.86. The molecule has 0 aromatic carbocycles. The Morgan fingerprint density at radius 1 is 1.24 bits per heavy atom. The molecule has 0 heterocycles. The van der Waals surface area contributed by atoms with Gasteiger partial charge in [-0.15, -0.1) is 0 Å². The van der Waals surface area contributed by atoms with E-state index in [0.29, 0.717) is 26.0 Å². The normalized spacial score (nSPS) is 23.6. The lowest BCUT2D eigenvalue weighted by molar-refractivity contribution is -0.146. The van der Waals surface area contributed by atoms with Gasteiger partial charge in [0.15, 0.2) is 0 Å². The summed E-state index contributed by atoms with van der Waals surface area (Å²) in [5.41, 5.74) is 0. The van der Waals surface area contributed by atoms with Gasteiger partial charge in [-0.05, 0) is 12.8 Å². The molecule has 1 aliphatic carbocycles. The second-order valence-electron chi connectivity index (χ2n) is 4.11. The van der Waals surface area contributed by atoms with Gasteiger partial charge in [-0.2, -0.15) is 0 Å². The largest absolute Gasteiger partial charge is 0.481 e. The summed E-state index contributed by atoms with van der Waals surface area (Å²) >= 11 is 0. The number of carbonyl (C=O) groups excluding carboxylic acids is 1. The third-order valence-corrected chi connectivity index (χ3v) is 2.95. The summed E-state index contributed by atoms with van der Waals surface area (Å²) in [4.78, 5) is 22.6. The number of aliphatic hydroxyl groups is 1. The first-order valence-corrected chi connectivity index (χ1v) is 5.86. The van der Waals surface area contributed by atoms with Gasteiger partial charge in [0.1, 0.15) is 0 Å². The zero-order chi connectivity index (χ0) is 12.7. The van der Waals surface area contributed by atoms with Crippen LogP contribution in [-0.2, 0) is 14.3 Å². The summed E-state index contributed by atoms with van der Waals surface area (Å²) in [6, 6.07) is 0. The fourth-order valence-corrected chi connectivity index (χ4v) is 2.11. The number of carboxylic acids is 1. The molecule has 3 N–H and O–H groups in total. The lowest BCUT2D eigenvalue weighted by atomic mass is 9.95. The number of aliphatic carboxylic acids is 1. The van der Waals surface area contributed by atoms with Gasteiger partial charge in [0.25, 0.3) is 0 Å².